The molecule has 1 aromatic carbocycles. The number of benzene rings is 1. The van der Waals surface area contributed by atoms with Gasteiger partial charge in [0.15, 0.2) is 0 Å². The van der Waals surface area contributed by atoms with Crippen molar-refractivity contribution < 1.29 is 4.39 Å². The maximum Gasteiger partial charge on any atom is 0.141 e. The first-order valence-electron chi connectivity index (χ1n) is 4.91. The lowest BCUT2D eigenvalue weighted by molar-refractivity contribution is 0.586. The van der Waals surface area contributed by atoms with E-state index in [2.05, 4.69) is 5.10 Å². The second kappa shape index (κ2) is 4.55. The molecule has 0 aliphatic carbocycles. The Morgan fingerprint density at radius 2 is 2.12 bits per heavy atom. The number of nitrogen functional groups attached to an aromatic ring is 1. The van der Waals surface area contributed by atoms with Crippen LogP contribution in [0.1, 0.15) is 11.3 Å². The van der Waals surface area contributed by atoms with Gasteiger partial charge in [-0.25, -0.2) is 9.07 Å². The average molecular weight is 274 g/mol. The number of rotatable bonds is 2. The molecule has 0 aliphatic heterocycles. The number of hydrogen-bond acceptors (Lipinski definition) is 2. The van der Waals surface area contributed by atoms with Crippen LogP contribution in [-0.2, 0) is 6.54 Å². The average Bonchev–Trinajstić information content (AvgIpc) is 2.50. The van der Waals surface area contributed by atoms with Crippen LogP contribution in [-0.4, -0.2) is 9.78 Å². The Morgan fingerprint density at radius 1 is 1.41 bits per heavy atom. The summed E-state index contributed by atoms with van der Waals surface area (Å²) in [7, 11) is 0. The molecule has 0 aliphatic rings. The van der Waals surface area contributed by atoms with E-state index in [1.165, 1.54) is 10.7 Å². The molecule has 90 valence electrons. The fourth-order valence-electron chi connectivity index (χ4n) is 1.51. The Labute approximate surface area is 108 Å². The van der Waals surface area contributed by atoms with E-state index in [9.17, 15) is 4.39 Å². The van der Waals surface area contributed by atoms with Gasteiger partial charge in [-0.05, 0) is 19.1 Å². The molecular weight excluding hydrogens is 264 g/mol. The molecule has 2 rings (SSSR count). The van der Waals surface area contributed by atoms with Gasteiger partial charge in [0.1, 0.15) is 16.7 Å². The largest absolute Gasteiger partial charge is 0.383 e. The van der Waals surface area contributed by atoms with Crippen molar-refractivity contribution in [1.82, 2.24) is 9.78 Å². The second-order valence-electron chi connectivity index (χ2n) is 3.68. The first kappa shape index (κ1) is 12.2. The molecule has 2 aromatic rings. The molecule has 0 fully saturated rings. The van der Waals surface area contributed by atoms with Crippen LogP contribution in [0.25, 0.3) is 0 Å². The summed E-state index contributed by atoms with van der Waals surface area (Å²) in [6.45, 7) is 1.97. The molecule has 3 nitrogen and oxygen atoms in total. The van der Waals surface area contributed by atoms with Gasteiger partial charge in [-0.1, -0.05) is 29.3 Å². The third-order valence-electron chi connectivity index (χ3n) is 2.43. The van der Waals surface area contributed by atoms with Gasteiger partial charge in [-0.2, -0.15) is 5.10 Å². The summed E-state index contributed by atoms with van der Waals surface area (Å²) in [6, 6.07) is 4.47. The van der Waals surface area contributed by atoms with Gasteiger partial charge in [0.25, 0.3) is 0 Å². The molecule has 17 heavy (non-hydrogen) atoms. The van der Waals surface area contributed by atoms with Crippen LogP contribution in [0.5, 0.6) is 0 Å². The molecule has 0 radical (unpaired) electrons. The Morgan fingerprint density at radius 3 is 2.65 bits per heavy atom. The van der Waals surface area contributed by atoms with Crippen molar-refractivity contribution in [3.63, 3.8) is 0 Å². The van der Waals surface area contributed by atoms with Crippen LogP contribution in [0.4, 0.5) is 10.2 Å². The van der Waals surface area contributed by atoms with E-state index in [4.69, 9.17) is 28.9 Å². The zero-order valence-electron chi connectivity index (χ0n) is 9.04. The highest BCUT2D eigenvalue weighted by Crippen LogP contribution is 2.24. The van der Waals surface area contributed by atoms with Gasteiger partial charge in [0.2, 0.25) is 0 Å². The van der Waals surface area contributed by atoms with Gasteiger partial charge in [0.05, 0.1) is 12.2 Å². The van der Waals surface area contributed by atoms with Crippen molar-refractivity contribution in [3.05, 3.63) is 45.3 Å². The zero-order valence-corrected chi connectivity index (χ0v) is 10.6. The lowest BCUT2D eigenvalue weighted by Crippen LogP contribution is -2.07. The second-order valence-corrected chi connectivity index (χ2v) is 4.49. The molecule has 0 atom stereocenters. The highest BCUT2D eigenvalue weighted by molar-refractivity contribution is 6.33. The predicted molar refractivity (Wildman–Crippen MR) is 66.9 cm³/mol. The summed E-state index contributed by atoms with van der Waals surface area (Å²) in [5.74, 6) is -0.0558. The van der Waals surface area contributed by atoms with Gasteiger partial charge in [0, 0.05) is 10.6 Å². The number of nitrogens with two attached hydrogens (primary N) is 1. The highest BCUT2D eigenvalue weighted by Gasteiger charge is 2.12. The van der Waals surface area contributed by atoms with Crippen LogP contribution in [0, 0.1) is 12.7 Å². The normalized spacial score (nSPS) is 10.8. The lowest BCUT2D eigenvalue weighted by Gasteiger charge is -2.05. The molecule has 0 saturated heterocycles. The van der Waals surface area contributed by atoms with Crippen LogP contribution in [0.3, 0.4) is 0 Å². The molecule has 0 bridgehead atoms. The quantitative estimate of drug-likeness (QED) is 0.913. The van der Waals surface area contributed by atoms with Crippen LogP contribution < -0.4 is 5.73 Å². The first-order valence-corrected chi connectivity index (χ1v) is 5.67. The first-order chi connectivity index (χ1) is 7.99. The summed E-state index contributed by atoms with van der Waals surface area (Å²) in [6.07, 6.45) is 0. The van der Waals surface area contributed by atoms with E-state index in [-0.39, 0.29) is 12.4 Å². The van der Waals surface area contributed by atoms with Crippen LogP contribution >= 0.6 is 23.2 Å². The summed E-state index contributed by atoms with van der Waals surface area (Å²) < 4.78 is 15.0. The fraction of sp³-hybridized carbons (Fsp3) is 0.182. The Kier molecular flexibility index (Phi) is 3.26. The topological polar surface area (TPSA) is 43.8 Å². The zero-order chi connectivity index (χ0) is 12.6. The number of aromatic nitrogens is 2. The van der Waals surface area contributed by atoms with E-state index in [1.54, 1.807) is 19.1 Å². The van der Waals surface area contributed by atoms with E-state index in [1.807, 2.05) is 0 Å². The lowest BCUT2D eigenvalue weighted by atomic mass is 10.2. The van der Waals surface area contributed by atoms with Gasteiger partial charge < -0.3 is 5.73 Å². The Hall–Kier alpha value is -1.26. The summed E-state index contributed by atoms with van der Waals surface area (Å²) in [5, 5.41) is 4.89. The van der Waals surface area contributed by atoms with E-state index in [0.29, 0.717) is 27.1 Å². The predicted octanol–water partition coefficient (Wildman–Crippen LogP) is 3.27. The number of aryl methyl sites for hydroxylation is 1. The number of nitrogens with zero attached hydrogens (tertiary/aromatic N) is 2. The minimum absolute atomic E-state index is 0.225. The van der Waals surface area contributed by atoms with Gasteiger partial charge in [-0.15, -0.1) is 0 Å². The van der Waals surface area contributed by atoms with E-state index in [0.717, 1.165) is 0 Å². The number of halogens is 3. The summed E-state index contributed by atoms with van der Waals surface area (Å²) in [4.78, 5) is 0. The van der Waals surface area contributed by atoms with Crippen molar-refractivity contribution in [2.24, 2.45) is 0 Å². The van der Waals surface area contributed by atoms with Crippen molar-refractivity contribution in [3.8, 4) is 0 Å². The van der Waals surface area contributed by atoms with Crippen molar-refractivity contribution in [2.45, 2.75) is 13.5 Å². The van der Waals surface area contributed by atoms with Crippen molar-refractivity contribution in [1.29, 1.82) is 0 Å². The smallest absolute Gasteiger partial charge is 0.141 e. The third-order valence-corrected chi connectivity index (χ3v) is 3.13. The molecule has 0 spiro atoms. The SMILES string of the molecule is Cc1nn(Cc2ccc(Cl)cc2F)c(N)c1Cl. The molecule has 2 N–H and O–H groups in total. The monoisotopic (exact) mass is 273 g/mol. The van der Waals surface area contributed by atoms with Crippen LogP contribution in [0.2, 0.25) is 10.0 Å². The van der Waals surface area contributed by atoms with Crippen molar-refractivity contribution >= 4 is 29.0 Å². The van der Waals surface area contributed by atoms with Crippen LogP contribution in [0.15, 0.2) is 18.2 Å². The summed E-state index contributed by atoms with van der Waals surface area (Å²) in [5.41, 5.74) is 6.83. The molecule has 0 saturated carbocycles. The Balaban J connectivity index is 2.34. The van der Waals surface area contributed by atoms with E-state index >= 15 is 0 Å². The molecule has 0 amide bonds. The maximum atomic E-state index is 13.6. The van der Waals surface area contributed by atoms with Crippen molar-refractivity contribution in [2.75, 3.05) is 5.73 Å². The molecular formula is C11H10Cl2FN3. The number of hydrogen-bond donors (Lipinski definition) is 1. The molecule has 1 heterocycles. The molecule has 6 heteroatoms. The maximum absolute atomic E-state index is 13.6. The summed E-state index contributed by atoms with van der Waals surface area (Å²) >= 11 is 11.6. The minimum Gasteiger partial charge on any atom is -0.383 e. The third kappa shape index (κ3) is 2.37. The number of anilines is 1. The Bertz CT molecular complexity index is 566. The molecule has 0 unspecified atom stereocenters. The van der Waals surface area contributed by atoms with E-state index < -0.39 is 0 Å². The van der Waals surface area contributed by atoms with Gasteiger partial charge in [-0.3, -0.25) is 0 Å². The standard InChI is InChI=1S/C11H10Cl2FN3/c1-6-10(13)11(15)17(16-6)5-7-2-3-8(12)4-9(7)14/h2-4H,5,15H2,1H3. The minimum atomic E-state index is -0.388. The fourth-order valence-corrected chi connectivity index (χ4v) is 1.80. The molecule has 1 aromatic heterocycles. The highest BCUT2D eigenvalue weighted by atomic mass is 35.5. The van der Waals surface area contributed by atoms with Gasteiger partial charge >= 0.3 is 0 Å².